The number of aryl methyl sites for hydroxylation is 1. The van der Waals surface area contributed by atoms with Crippen LogP contribution in [-0.2, 0) is 6.54 Å². The summed E-state index contributed by atoms with van der Waals surface area (Å²) in [6.45, 7) is 8.67. The van der Waals surface area contributed by atoms with Crippen LogP contribution in [0.3, 0.4) is 0 Å². The van der Waals surface area contributed by atoms with Crippen molar-refractivity contribution in [2.24, 2.45) is 0 Å². The van der Waals surface area contributed by atoms with E-state index in [1.54, 1.807) is 0 Å². The molecule has 0 unspecified atom stereocenters. The summed E-state index contributed by atoms with van der Waals surface area (Å²) < 4.78 is 2.22. The lowest BCUT2D eigenvalue weighted by atomic mass is 10.1. The molecule has 0 amide bonds. The van der Waals surface area contributed by atoms with Gasteiger partial charge in [-0.25, -0.2) is 4.98 Å². The minimum Gasteiger partial charge on any atom is -0.337 e. The third kappa shape index (κ3) is 2.00. The maximum absolute atomic E-state index is 4.47. The highest BCUT2D eigenvalue weighted by Gasteiger charge is 2.26. The number of hydrogen-bond acceptors (Lipinski definition) is 3. The van der Waals surface area contributed by atoms with Crippen LogP contribution >= 0.6 is 0 Å². The second kappa shape index (κ2) is 4.66. The van der Waals surface area contributed by atoms with Crippen LogP contribution in [0.5, 0.6) is 0 Å². The zero-order valence-electron chi connectivity index (χ0n) is 9.61. The zero-order chi connectivity index (χ0) is 10.7. The Morgan fingerprint density at radius 3 is 2.87 bits per heavy atom. The molecular formula is C11H20N4. The molecule has 1 aliphatic heterocycles. The maximum atomic E-state index is 4.47. The van der Waals surface area contributed by atoms with Crippen molar-refractivity contribution in [2.45, 2.75) is 32.9 Å². The summed E-state index contributed by atoms with van der Waals surface area (Å²) >= 11 is 0. The Labute approximate surface area is 91.3 Å². The SMILES string of the molecule is CCCN(c1nccn1CC)C1CNC1. The third-order valence-corrected chi connectivity index (χ3v) is 2.96. The Morgan fingerprint density at radius 2 is 2.33 bits per heavy atom. The molecule has 2 heterocycles. The van der Waals surface area contributed by atoms with Gasteiger partial charge in [-0.05, 0) is 13.3 Å². The average molecular weight is 208 g/mol. The van der Waals surface area contributed by atoms with E-state index in [2.05, 4.69) is 39.8 Å². The van der Waals surface area contributed by atoms with Crippen molar-refractivity contribution in [3.63, 3.8) is 0 Å². The number of aromatic nitrogens is 2. The number of nitrogens with one attached hydrogen (secondary N) is 1. The lowest BCUT2D eigenvalue weighted by Crippen LogP contribution is -2.58. The highest BCUT2D eigenvalue weighted by molar-refractivity contribution is 5.34. The molecule has 1 aromatic rings. The molecule has 0 radical (unpaired) electrons. The second-order valence-electron chi connectivity index (χ2n) is 4.02. The molecule has 0 bridgehead atoms. The van der Waals surface area contributed by atoms with E-state index in [0.717, 1.165) is 32.1 Å². The summed E-state index contributed by atoms with van der Waals surface area (Å²) in [5.74, 6) is 1.13. The van der Waals surface area contributed by atoms with Gasteiger partial charge in [-0.1, -0.05) is 6.92 Å². The van der Waals surface area contributed by atoms with Gasteiger partial charge in [0.05, 0.1) is 6.04 Å². The molecule has 4 heteroatoms. The van der Waals surface area contributed by atoms with Gasteiger partial charge in [0.15, 0.2) is 0 Å². The number of hydrogen-bond donors (Lipinski definition) is 1. The van der Waals surface area contributed by atoms with Crippen molar-refractivity contribution in [2.75, 3.05) is 24.5 Å². The minimum absolute atomic E-state index is 0.637. The van der Waals surface area contributed by atoms with Crippen LogP contribution in [0.15, 0.2) is 12.4 Å². The van der Waals surface area contributed by atoms with Gasteiger partial charge < -0.3 is 14.8 Å². The first-order valence-corrected chi connectivity index (χ1v) is 5.85. The Bertz CT molecular complexity index is 303. The maximum Gasteiger partial charge on any atom is 0.205 e. The van der Waals surface area contributed by atoms with E-state index in [1.807, 2.05) is 6.20 Å². The Kier molecular flexibility index (Phi) is 3.26. The average Bonchev–Trinajstić information content (AvgIpc) is 2.61. The first-order valence-electron chi connectivity index (χ1n) is 5.85. The molecule has 1 N–H and O–H groups in total. The molecular weight excluding hydrogens is 188 g/mol. The molecule has 0 atom stereocenters. The van der Waals surface area contributed by atoms with E-state index in [1.165, 1.54) is 6.42 Å². The monoisotopic (exact) mass is 208 g/mol. The van der Waals surface area contributed by atoms with Gasteiger partial charge in [-0.3, -0.25) is 0 Å². The smallest absolute Gasteiger partial charge is 0.205 e. The largest absolute Gasteiger partial charge is 0.337 e. The van der Waals surface area contributed by atoms with E-state index >= 15 is 0 Å². The van der Waals surface area contributed by atoms with E-state index in [-0.39, 0.29) is 0 Å². The summed E-state index contributed by atoms with van der Waals surface area (Å²) in [6.07, 6.45) is 5.13. The molecule has 1 fully saturated rings. The fourth-order valence-electron chi connectivity index (χ4n) is 1.99. The van der Waals surface area contributed by atoms with Crippen LogP contribution < -0.4 is 10.2 Å². The van der Waals surface area contributed by atoms with Crippen molar-refractivity contribution in [3.8, 4) is 0 Å². The van der Waals surface area contributed by atoms with Crippen LogP contribution in [-0.4, -0.2) is 35.2 Å². The van der Waals surface area contributed by atoms with E-state index in [4.69, 9.17) is 0 Å². The lowest BCUT2D eigenvalue weighted by molar-refractivity contribution is 0.404. The number of anilines is 1. The molecule has 1 saturated heterocycles. The number of rotatable bonds is 5. The topological polar surface area (TPSA) is 33.1 Å². The van der Waals surface area contributed by atoms with Crippen molar-refractivity contribution < 1.29 is 0 Å². The lowest BCUT2D eigenvalue weighted by Gasteiger charge is -2.38. The zero-order valence-corrected chi connectivity index (χ0v) is 9.61. The van der Waals surface area contributed by atoms with Crippen LogP contribution in [0.2, 0.25) is 0 Å². The molecule has 84 valence electrons. The van der Waals surface area contributed by atoms with Crippen molar-refractivity contribution >= 4 is 5.95 Å². The number of nitrogens with zero attached hydrogens (tertiary/aromatic N) is 3. The molecule has 0 saturated carbocycles. The predicted octanol–water partition coefficient (Wildman–Crippen LogP) is 1.09. The fourth-order valence-corrected chi connectivity index (χ4v) is 1.99. The molecule has 0 spiro atoms. The van der Waals surface area contributed by atoms with Gasteiger partial charge >= 0.3 is 0 Å². The molecule has 15 heavy (non-hydrogen) atoms. The molecule has 0 aromatic carbocycles. The van der Waals surface area contributed by atoms with E-state index in [0.29, 0.717) is 6.04 Å². The normalized spacial score (nSPS) is 16.4. The van der Waals surface area contributed by atoms with Crippen LogP contribution in [0.25, 0.3) is 0 Å². The van der Waals surface area contributed by atoms with Gasteiger partial charge in [0, 0.05) is 38.6 Å². The van der Waals surface area contributed by atoms with E-state index < -0.39 is 0 Å². The van der Waals surface area contributed by atoms with Crippen molar-refractivity contribution in [1.29, 1.82) is 0 Å². The van der Waals surface area contributed by atoms with Gasteiger partial charge in [0.1, 0.15) is 0 Å². The first kappa shape index (κ1) is 10.5. The molecule has 1 aliphatic rings. The number of imidazole rings is 1. The first-order chi connectivity index (χ1) is 7.36. The van der Waals surface area contributed by atoms with Crippen molar-refractivity contribution in [3.05, 3.63) is 12.4 Å². The summed E-state index contributed by atoms with van der Waals surface area (Å²) in [6, 6.07) is 0.637. The fraction of sp³-hybridized carbons (Fsp3) is 0.727. The summed E-state index contributed by atoms with van der Waals surface area (Å²) in [4.78, 5) is 6.90. The van der Waals surface area contributed by atoms with Gasteiger partial charge in [-0.15, -0.1) is 0 Å². The Balaban J connectivity index is 2.15. The van der Waals surface area contributed by atoms with Crippen LogP contribution in [0.1, 0.15) is 20.3 Å². The molecule has 4 nitrogen and oxygen atoms in total. The molecule has 1 aromatic heterocycles. The summed E-state index contributed by atoms with van der Waals surface area (Å²) in [5, 5.41) is 3.32. The minimum atomic E-state index is 0.637. The van der Waals surface area contributed by atoms with Crippen LogP contribution in [0, 0.1) is 0 Å². The summed E-state index contributed by atoms with van der Waals surface area (Å²) in [5.41, 5.74) is 0. The Hall–Kier alpha value is -1.03. The van der Waals surface area contributed by atoms with Crippen LogP contribution in [0.4, 0.5) is 5.95 Å². The highest BCUT2D eigenvalue weighted by Crippen LogP contribution is 2.17. The standard InChI is InChI=1S/C11H20N4/c1-3-6-15(10-8-12-9-10)11-13-5-7-14(11)4-2/h5,7,10,12H,3-4,6,8-9H2,1-2H3. The second-order valence-corrected chi connectivity index (χ2v) is 4.02. The van der Waals surface area contributed by atoms with Gasteiger partial charge in [-0.2, -0.15) is 0 Å². The van der Waals surface area contributed by atoms with Crippen molar-refractivity contribution in [1.82, 2.24) is 14.9 Å². The summed E-state index contributed by atoms with van der Waals surface area (Å²) in [7, 11) is 0. The van der Waals surface area contributed by atoms with Gasteiger partial charge in [0.2, 0.25) is 5.95 Å². The predicted molar refractivity (Wildman–Crippen MR) is 62.2 cm³/mol. The molecule has 2 rings (SSSR count). The highest BCUT2D eigenvalue weighted by atomic mass is 15.3. The van der Waals surface area contributed by atoms with E-state index in [9.17, 15) is 0 Å². The third-order valence-electron chi connectivity index (χ3n) is 2.96. The quantitative estimate of drug-likeness (QED) is 0.786. The van der Waals surface area contributed by atoms with Gasteiger partial charge in [0.25, 0.3) is 0 Å². The Morgan fingerprint density at radius 1 is 1.53 bits per heavy atom. The molecule has 0 aliphatic carbocycles.